The van der Waals surface area contributed by atoms with Crippen LogP contribution in [0.2, 0.25) is 0 Å². The molecule has 312 valence electrons. The molecule has 0 amide bonds. The third-order valence-electron chi connectivity index (χ3n) is 12.5. The first kappa shape index (κ1) is 39.6. The summed E-state index contributed by atoms with van der Waals surface area (Å²) in [5.74, 6) is 0. The zero-order valence-electron chi connectivity index (χ0n) is 36.0. The van der Waals surface area contributed by atoms with E-state index >= 15 is 0 Å². The van der Waals surface area contributed by atoms with Gasteiger partial charge in [0.25, 0.3) is 0 Å². The lowest BCUT2D eigenvalue weighted by Crippen LogP contribution is -2.09. The van der Waals surface area contributed by atoms with Crippen molar-refractivity contribution in [2.45, 2.75) is 0 Å². The number of nitrogens with zero attached hydrogens (tertiary/aromatic N) is 2. The maximum absolute atomic E-state index is 2.37. The number of fused-ring (bicyclic) bond motifs is 6. The van der Waals surface area contributed by atoms with Gasteiger partial charge in [-0.15, -0.1) is 22.7 Å². The molecule has 0 N–H and O–H groups in total. The van der Waals surface area contributed by atoms with E-state index in [1.165, 1.54) is 62.6 Å². The number of benzene rings is 10. The van der Waals surface area contributed by atoms with E-state index in [4.69, 9.17) is 0 Å². The molecule has 0 saturated heterocycles. The molecular weight excluding hydrogens is 837 g/mol. The van der Waals surface area contributed by atoms with E-state index in [0.717, 1.165) is 45.3 Å². The molecule has 10 aromatic carbocycles. The van der Waals surface area contributed by atoms with E-state index in [9.17, 15) is 0 Å². The Kier molecular flexibility index (Phi) is 10.3. The fraction of sp³-hybridized carbons (Fsp3) is 0. The predicted molar refractivity (Wildman–Crippen MR) is 288 cm³/mol. The highest BCUT2D eigenvalue weighted by atomic mass is 32.1. The molecule has 0 saturated carbocycles. The first-order valence-corrected chi connectivity index (χ1v) is 23.9. The summed E-state index contributed by atoms with van der Waals surface area (Å²) < 4.78 is 5.22. The zero-order valence-corrected chi connectivity index (χ0v) is 37.6. The molecule has 4 heteroatoms. The Morgan fingerprint density at radius 3 is 0.939 bits per heavy atom. The molecule has 0 atom stereocenters. The Balaban J connectivity index is 0.851. The topological polar surface area (TPSA) is 6.48 Å². The summed E-state index contributed by atoms with van der Waals surface area (Å²) >= 11 is 3.70. The second-order valence-corrected chi connectivity index (χ2v) is 18.7. The van der Waals surface area contributed by atoms with E-state index in [1.54, 1.807) is 0 Å². The molecule has 2 aromatic heterocycles. The monoisotopic (exact) mass is 878 g/mol. The van der Waals surface area contributed by atoms with Crippen LogP contribution in [0.5, 0.6) is 0 Å². The van der Waals surface area contributed by atoms with Gasteiger partial charge in [-0.05, 0) is 130 Å². The Morgan fingerprint density at radius 1 is 0.242 bits per heavy atom. The Labute approximate surface area is 392 Å². The fourth-order valence-corrected chi connectivity index (χ4v) is 11.3. The highest BCUT2D eigenvalue weighted by Crippen LogP contribution is 2.43. The summed E-state index contributed by atoms with van der Waals surface area (Å²) in [7, 11) is 0. The van der Waals surface area contributed by atoms with Crippen LogP contribution in [0, 0.1) is 0 Å². The van der Waals surface area contributed by atoms with Gasteiger partial charge in [0.05, 0.1) is 0 Å². The lowest BCUT2D eigenvalue weighted by molar-refractivity contribution is 1.29. The molecule has 0 bridgehead atoms. The van der Waals surface area contributed by atoms with Crippen LogP contribution in [0.25, 0.3) is 74.8 Å². The predicted octanol–water partition coefficient (Wildman–Crippen LogP) is 18.9. The maximum Gasteiger partial charge on any atom is 0.0468 e. The van der Waals surface area contributed by atoms with Crippen molar-refractivity contribution in [3.63, 3.8) is 0 Å². The molecule has 2 heterocycles. The molecule has 12 aromatic rings. The van der Waals surface area contributed by atoms with Crippen molar-refractivity contribution in [1.29, 1.82) is 0 Å². The van der Waals surface area contributed by atoms with Crippen molar-refractivity contribution >= 4 is 109 Å². The molecule has 0 aliphatic carbocycles. The summed E-state index contributed by atoms with van der Waals surface area (Å²) in [6, 6.07) is 88.0. The highest BCUT2D eigenvalue weighted by Gasteiger charge is 2.17. The molecular formula is C62H42N2S2. The van der Waals surface area contributed by atoms with Crippen LogP contribution in [-0.4, -0.2) is 0 Å². The van der Waals surface area contributed by atoms with Crippen LogP contribution in [0.3, 0.4) is 0 Å². The van der Waals surface area contributed by atoms with Gasteiger partial charge in [0, 0.05) is 74.5 Å². The van der Waals surface area contributed by atoms with E-state index < -0.39 is 0 Å². The average molecular weight is 879 g/mol. The second kappa shape index (κ2) is 17.2. The first-order valence-electron chi connectivity index (χ1n) is 22.3. The van der Waals surface area contributed by atoms with Crippen LogP contribution in [-0.2, 0) is 0 Å². The van der Waals surface area contributed by atoms with Gasteiger partial charge in [0.2, 0.25) is 0 Å². The molecule has 0 unspecified atom stereocenters. The molecule has 0 fully saturated rings. The van der Waals surface area contributed by atoms with E-state index in [2.05, 4.69) is 265 Å². The van der Waals surface area contributed by atoms with Crippen molar-refractivity contribution < 1.29 is 0 Å². The number of rotatable bonds is 10. The molecule has 0 radical (unpaired) electrons. The van der Waals surface area contributed by atoms with Gasteiger partial charge in [-0.25, -0.2) is 0 Å². The summed E-state index contributed by atoms with van der Waals surface area (Å²) in [5.41, 5.74) is 13.8. The van der Waals surface area contributed by atoms with Crippen LogP contribution < -0.4 is 9.80 Å². The Morgan fingerprint density at radius 2 is 0.545 bits per heavy atom. The molecule has 2 nitrogen and oxygen atoms in total. The van der Waals surface area contributed by atoms with Crippen LogP contribution in [0.1, 0.15) is 11.1 Å². The molecule has 12 rings (SSSR count). The fourth-order valence-electron chi connectivity index (χ4n) is 9.13. The van der Waals surface area contributed by atoms with Gasteiger partial charge in [-0.1, -0.05) is 158 Å². The minimum absolute atomic E-state index is 1.10. The van der Waals surface area contributed by atoms with Crippen molar-refractivity contribution in [3.8, 4) is 22.3 Å². The number of anilines is 6. The van der Waals surface area contributed by atoms with Crippen LogP contribution in [0.4, 0.5) is 34.1 Å². The van der Waals surface area contributed by atoms with Gasteiger partial charge in [0.1, 0.15) is 0 Å². The number of hydrogen-bond donors (Lipinski definition) is 0. The summed E-state index contributed by atoms with van der Waals surface area (Å²) in [6.45, 7) is 0. The maximum atomic E-state index is 2.37. The largest absolute Gasteiger partial charge is 0.310 e. The van der Waals surface area contributed by atoms with Gasteiger partial charge in [-0.3, -0.25) is 0 Å². The van der Waals surface area contributed by atoms with Gasteiger partial charge < -0.3 is 9.80 Å². The average Bonchev–Trinajstić information content (AvgIpc) is 3.96. The Hall–Kier alpha value is -8.02. The molecule has 0 aliphatic rings. The van der Waals surface area contributed by atoms with Crippen molar-refractivity contribution in [2.75, 3.05) is 9.80 Å². The van der Waals surface area contributed by atoms with E-state index in [-0.39, 0.29) is 0 Å². The highest BCUT2D eigenvalue weighted by molar-refractivity contribution is 7.26. The summed E-state index contributed by atoms with van der Waals surface area (Å²) in [6.07, 6.45) is 4.41. The van der Waals surface area contributed by atoms with Crippen LogP contribution >= 0.6 is 22.7 Å². The molecule has 66 heavy (non-hydrogen) atoms. The van der Waals surface area contributed by atoms with Gasteiger partial charge >= 0.3 is 0 Å². The standard InChI is InChI=1S/C62H42N2S2/c1-3-11-45(12-4-1)47-25-33-51(34-26-47)63(53-37-39-61-57(41-53)55-15-7-9-17-59(55)65-61)49-29-21-43(22-30-49)19-20-44-23-31-50(32-24-44)64(52-35-27-48(28-36-52)46-13-5-2-6-14-46)54-38-40-62-58(42-54)56-16-8-10-18-60(56)66-62/h1-42H/b20-19+. The normalized spacial score (nSPS) is 11.6. The summed E-state index contributed by atoms with van der Waals surface area (Å²) in [5, 5.41) is 5.16. The number of hydrogen-bond acceptors (Lipinski definition) is 4. The van der Waals surface area contributed by atoms with E-state index in [0.29, 0.717) is 0 Å². The quantitative estimate of drug-likeness (QED) is 0.126. The SMILES string of the molecule is C(=C\c1ccc(N(c2ccc(-c3ccccc3)cc2)c2ccc3sc4ccccc4c3c2)cc1)/c1ccc(N(c2ccc(-c3ccccc3)cc2)c2ccc3sc4ccccc4c3c2)cc1. The van der Waals surface area contributed by atoms with Gasteiger partial charge in [-0.2, -0.15) is 0 Å². The third kappa shape index (κ3) is 7.62. The lowest BCUT2D eigenvalue weighted by Gasteiger charge is -2.26. The molecule has 0 spiro atoms. The van der Waals surface area contributed by atoms with Crippen molar-refractivity contribution in [1.82, 2.24) is 0 Å². The zero-order chi connectivity index (χ0) is 43.8. The Bertz CT molecular complexity index is 3420. The van der Waals surface area contributed by atoms with Crippen LogP contribution in [0.15, 0.2) is 243 Å². The third-order valence-corrected chi connectivity index (χ3v) is 14.8. The second-order valence-electron chi connectivity index (χ2n) is 16.6. The van der Waals surface area contributed by atoms with Gasteiger partial charge in [0.15, 0.2) is 0 Å². The molecule has 0 aliphatic heterocycles. The minimum atomic E-state index is 1.10. The lowest BCUT2D eigenvalue weighted by atomic mass is 10.0. The first-order chi connectivity index (χ1) is 32.7. The summed E-state index contributed by atoms with van der Waals surface area (Å²) in [4.78, 5) is 4.73. The number of thiophene rings is 2. The smallest absolute Gasteiger partial charge is 0.0468 e. The van der Waals surface area contributed by atoms with E-state index in [1.807, 2.05) is 22.7 Å². The minimum Gasteiger partial charge on any atom is -0.310 e. The van der Waals surface area contributed by atoms with Crippen molar-refractivity contribution in [3.05, 3.63) is 254 Å². The van der Waals surface area contributed by atoms with Crippen molar-refractivity contribution in [2.24, 2.45) is 0 Å².